The fraction of sp³-hybridized carbons (Fsp3) is 0.462. The number of quaternary nitrogens is 2. The summed E-state index contributed by atoms with van der Waals surface area (Å²) in [5, 5.41) is 2.64. The van der Waals surface area contributed by atoms with E-state index in [1.54, 1.807) is 0 Å². The summed E-state index contributed by atoms with van der Waals surface area (Å²) < 4.78 is 6.29. The van der Waals surface area contributed by atoms with E-state index in [2.05, 4.69) is 142 Å². The molecule has 0 bridgehead atoms. The molecule has 0 unspecified atom stereocenters. The average molecular weight is 886 g/mol. The Morgan fingerprint density at radius 1 is 0.667 bits per heavy atom. The Hall–Kier alpha value is -1.20. The Balaban J connectivity index is 0.00000384. The summed E-state index contributed by atoms with van der Waals surface area (Å²) in [7, 11) is 0. The molecule has 0 saturated heterocycles. The zero-order valence-corrected chi connectivity index (χ0v) is 36.3. The zero-order valence-electron chi connectivity index (χ0n) is 29.9. The van der Waals surface area contributed by atoms with Crippen LogP contribution in [-0.4, -0.2) is 67.9 Å². The molecule has 0 atom stereocenters. The number of hydrogen-bond donors (Lipinski definition) is 0. The maximum absolute atomic E-state index is 2.52. The first-order valence-corrected chi connectivity index (χ1v) is 19.0. The number of thiazole rings is 1. The number of nitrogens with zero attached hydrogens (tertiary/aromatic N) is 4. The number of benzene rings is 2. The predicted octanol–water partition coefficient (Wildman–Crippen LogP) is 0.313. The molecule has 1 aliphatic rings. The highest BCUT2D eigenvalue weighted by Crippen LogP contribution is 2.45. The minimum absolute atomic E-state index is 0. The van der Waals surface area contributed by atoms with Crippen molar-refractivity contribution in [1.29, 1.82) is 0 Å². The molecule has 0 N–H and O–H groups in total. The van der Waals surface area contributed by atoms with Crippen LogP contribution in [0.5, 0.6) is 0 Å². The molecule has 0 amide bonds. The lowest BCUT2D eigenvalue weighted by Gasteiger charge is -2.36. The molecule has 9 heteroatoms. The highest BCUT2D eigenvalue weighted by molar-refractivity contribution is 8.03. The lowest BCUT2D eigenvalue weighted by molar-refractivity contribution is -0.925. The van der Waals surface area contributed by atoms with Crippen molar-refractivity contribution in [2.75, 3.05) is 63.8 Å². The van der Waals surface area contributed by atoms with Gasteiger partial charge in [-0.2, -0.15) is 4.57 Å². The number of para-hydroxylation sites is 2. The SMILES string of the molecule is CC[N+](CC)(CC)CCCN1C(=CC=CC=CC=Cc2sc3ccccc3[n+]2CCC[N+](CC)(CC)CC)Sc2ccccc21.[Br-].[Br-].[Br-]. The average Bonchev–Trinajstić information content (AvgIpc) is 3.62. The van der Waals surface area contributed by atoms with Gasteiger partial charge in [0.2, 0.25) is 5.52 Å². The molecule has 0 spiro atoms. The number of anilines is 1. The third-order valence-electron chi connectivity index (χ3n) is 10.2. The van der Waals surface area contributed by atoms with Crippen molar-refractivity contribution in [3.05, 3.63) is 95.0 Å². The van der Waals surface area contributed by atoms with Gasteiger partial charge in [-0.1, -0.05) is 77.7 Å². The van der Waals surface area contributed by atoms with Crippen molar-refractivity contribution in [1.82, 2.24) is 0 Å². The third-order valence-corrected chi connectivity index (χ3v) is 12.5. The van der Waals surface area contributed by atoms with Crippen molar-refractivity contribution in [3.63, 3.8) is 0 Å². The first-order valence-electron chi connectivity index (χ1n) is 17.3. The molecule has 1 aromatic heterocycles. The monoisotopic (exact) mass is 882 g/mol. The van der Waals surface area contributed by atoms with Gasteiger partial charge in [0.25, 0.3) is 5.01 Å². The van der Waals surface area contributed by atoms with Gasteiger partial charge in [0.15, 0.2) is 6.54 Å². The number of aryl methyl sites for hydroxylation is 1. The molecule has 0 aliphatic carbocycles. The van der Waals surface area contributed by atoms with Crippen LogP contribution >= 0.6 is 23.1 Å². The van der Waals surface area contributed by atoms with Crippen LogP contribution in [0, 0.1) is 0 Å². The van der Waals surface area contributed by atoms with Crippen LogP contribution in [0.3, 0.4) is 0 Å². The fourth-order valence-electron chi connectivity index (χ4n) is 6.70. The Bertz CT molecular complexity index is 1470. The van der Waals surface area contributed by atoms with Gasteiger partial charge < -0.3 is 64.8 Å². The van der Waals surface area contributed by atoms with Crippen molar-refractivity contribution in [3.8, 4) is 0 Å². The van der Waals surface area contributed by atoms with Crippen LogP contribution in [-0.2, 0) is 6.54 Å². The molecule has 0 saturated carbocycles. The third kappa shape index (κ3) is 11.4. The van der Waals surface area contributed by atoms with Crippen molar-refractivity contribution >= 4 is 45.1 Å². The van der Waals surface area contributed by atoms with E-state index in [1.165, 1.54) is 105 Å². The summed E-state index contributed by atoms with van der Waals surface area (Å²) in [5.41, 5.74) is 2.70. The van der Waals surface area contributed by atoms with Crippen LogP contribution in [0.2, 0.25) is 0 Å². The smallest absolute Gasteiger partial charge is 0.262 e. The second-order valence-corrected chi connectivity index (χ2v) is 14.3. The number of allylic oxidation sites excluding steroid dienone is 6. The van der Waals surface area contributed by atoms with E-state index < -0.39 is 0 Å². The van der Waals surface area contributed by atoms with E-state index in [4.69, 9.17) is 0 Å². The van der Waals surface area contributed by atoms with Gasteiger partial charge in [-0.3, -0.25) is 0 Å². The van der Waals surface area contributed by atoms with E-state index in [0.29, 0.717) is 0 Å². The Labute approximate surface area is 331 Å². The summed E-state index contributed by atoms with van der Waals surface area (Å²) in [6, 6.07) is 17.7. The second-order valence-electron chi connectivity index (χ2n) is 12.1. The lowest BCUT2D eigenvalue weighted by atomic mass is 10.2. The van der Waals surface area contributed by atoms with Gasteiger partial charge in [0.05, 0.1) is 69.5 Å². The molecule has 0 fully saturated rings. The molecule has 3 aromatic rings. The Morgan fingerprint density at radius 3 is 1.90 bits per heavy atom. The quantitative estimate of drug-likeness (QED) is 0.103. The topological polar surface area (TPSA) is 7.12 Å². The number of aromatic nitrogens is 1. The zero-order chi connectivity index (χ0) is 32.1. The van der Waals surface area contributed by atoms with Gasteiger partial charge >= 0.3 is 0 Å². The lowest BCUT2D eigenvalue weighted by Crippen LogP contribution is -3.00. The molecule has 48 heavy (non-hydrogen) atoms. The number of hydrogen-bond acceptors (Lipinski definition) is 3. The van der Waals surface area contributed by atoms with Crippen LogP contribution in [0.25, 0.3) is 16.3 Å². The van der Waals surface area contributed by atoms with Crippen LogP contribution in [0.4, 0.5) is 5.69 Å². The van der Waals surface area contributed by atoms with Crippen molar-refractivity contribution in [2.24, 2.45) is 0 Å². The summed E-state index contributed by atoms with van der Waals surface area (Å²) in [4.78, 5) is 3.88. The van der Waals surface area contributed by atoms with Gasteiger partial charge in [-0.05, 0) is 65.8 Å². The summed E-state index contributed by atoms with van der Waals surface area (Å²) >= 11 is 3.78. The number of rotatable bonds is 18. The summed E-state index contributed by atoms with van der Waals surface area (Å²) in [6.45, 7) is 25.9. The summed E-state index contributed by atoms with van der Waals surface area (Å²) in [6.07, 6.45) is 17.8. The normalized spacial score (nSPS) is 14.2. The molecule has 2 heterocycles. The van der Waals surface area contributed by atoms with Crippen LogP contribution in [0.1, 0.15) is 59.4 Å². The standard InChI is InChI=1S/C39H57N4S2.3BrH/c1-7-42(8-2,9-3)32-22-30-40-34-24-18-20-26-36(34)44-38(40)28-16-14-13-15-17-29-39-41(35-25-19-21-27-37(35)45-39)31-23-33-43(10-4,11-5)12-6;;;/h13-21,24-29H,7-12,22-23,30-33H2,1-6H3;3*1H/q+3;;;/p-3. The highest BCUT2D eigenvalue weighted by Gasteiger charge is 2.27. The van der Waals surface area contributed by atoms with Gasteiger partial charge in [0.1, 0.15) is 4.70 Å². The van der Waals surface area contributed by atoms with Crippen molar-refractivity contribution in [2.45, 2.75) is 65.8 Å². The predicted molar refractivity (Wildman–Crippen MR) is 200 cm³/mol. The fourth-order valence-corrected chi connectivity index (χ4v) is 8.90. The van der Waals surface area contributed by atoms with E-state index in [1.807, 2.05) is 23.1 Å². The first kappa shape index (κ1) is 44.8. The van der Waals surface area contributed by atoms with Gasteiger partial charge in [-0.15, -0.1) is 0 Å². The molecular weight excluding hydrogens is 828 g/mol. The Morgan fingerprint density at radius 2 is 1.23 bits per heavy atom. The van der Waals surface area contributed by atoms with Gasteiger partial charge in [0, 0.05) is 30.0 Å². The Kier molecular flexibility index (Phi) is 21.1. The van der Waals surface area contributed by atoms with Crippen LogP contribution in [0.15, 0.2) is 94.9 Å². The minimum Gasteiger partial charge on any atom is -1.00 e. The minimum atomic E-state index is 0. The number of halogens is 3. The summed E-state index contributed by atoms with van der Waals surface area (Å²) in [5.74, 6) is 0. The maximum atomic E-state index is 2.52. The first-order chi connectivity index (χ1) is 22.0. The molecule has 4 rings (SSSR count). The second kappa shape index (κ2) is 22.6. The molecule has 0 radical (unpaired) electrons. The van der Waals surface area contributed by atoms with Crippen LogP contribution < -0.4 is 60.4 Å². The molecular formula is C39H57Br3N4S2. The molecule has 266 valence electrons. The number of fused-ring (bicyclic) bond motifs is 2. The highest BCUT2D eigenvalue weighted by atomic mass is 79.9. The van der Waals surface area contributed by atoms with Crippen molar-refractivity contribution < 1.29 is 64.5 Å². The maximum Gasteiger partial charge on any atom is 0.262 e. The van der Waals surface area contributed by atoms with E-state index in [-0.39, 0.29) is 50.9 Å². The van der Waals surface area contributed by atoms with E-state index in [9.17, 15) is 0 Å². The van der Waals surface area contributed by atoms with Gasteiger partial charge in [-0.25, -0.2) is 0 Å². The van der Waals surface area contributed by atoms with E-state index in [0.717, 1.165) is 13.1 Å². The van der Waals surface area contributed by atoms with E-state index >= 15 is 0 Å². The largest absolute Gasteiger partial charge is 1.00 e. The number of thioether (sulfide) groups is 1. The molecule has 2 aromatic carbocycles. The molecule has 1 aliphatic heterocycles. The molecule has 4 nitrogen and oxygen atoms in total.